The second kappa shape index (κ2) is 10.4. The first-order chi connectivity index (χ1) is 15.9. The van der Waals surface area contributed by atoms with E-state index in [2.05, 4.69) is 29.1 Å². The Labute approximate surface area is 195 Å². The molecule has 1 aliphatic carbocycles. The topological polar surface area (TPSA) is 59.2 Å². The van der Waals surface area contributed by atoms with Crippen molar-refractivity contribution in [3.05, 3.63) is 82.8 Å². The van der Waals surface area contributed by atoms with Gasteiger partial charge in [0.05, 0.1) is 0 Å². The van der Waals surface area contributed by atoms with E-state index in [4.69, 9.17) is 4.52 Å². The largest absolute Gasteiger partial charge is 0.339 e. The normalized spacial score (nSPS) is 19.5. The highest BCUT2D eigenvalue weighted by molar-refractivity contribution is 6.06. The van der Waals surface area contributed by atoms with Gasteiger partial charge in [0.25, 0.3) is 0 Å². The van der Waals surface area contributed by atoms with Crippen LogP contribution in [0.5, 0.6) is 0 Å². The second-order valence-electron chi connectivity index (χ2n) is 9.49. The first-order valence-corrected chi connectivity index (χ1v) is 11.8. The average molecular weight is 450 g/mol. The van der Waals surface area contributed by atoms with Crippen LogP contribution < -0.4 is 0 Å². The molecule has 0 spiro atoms. The van der Waals surface area contributed by atoms with Gasteiger partial charge in [0.1, 0.15) is 5.82 Å². The summed E-state index contributed by atoms with van der Waals surface area (Å²) in [6, 6.07) is 14.7. The number of nitrogens with zero attached hydrogens (tertiary/aromatic N) is 3. The van der Waals surface area contributed by atoms with Gasteiger partial charge in [-0.3, -0.25) is 4.79 Å². The number of aryl methyl sites for hydroxylation is 2. The molecule has 1 fully saturated rings. The number of halogens is 1. The molecule has 1 unspecified atom stereocenters. The fourth-order valence-electron chi connectivity index (χ4n) is 5.14. The van der Waals surface area contributed by atoms with Crippen molar-refractivity contribution in [3.63, 3.8) is 0 Å². The quantitative estimate of drug-likeness (QED) is 0.407. The lowest BCUT2D eigenvalue weighted by Gasteiger charge is -2.37. The third kappa shape index (κ3) is 5.74. The predicted octanol–water partition coefficient (Wildman–Crippen LogP) is 5.79. The Morgan fingerprint density at radius 1 is 1.12 bits per heavy atom. The summed E-state index contributed by atoms with van der Waals surface area (Å²) in [5.41, 5.74) is 2.79. The zero-order chi connectivity index (χ0) is 23.4. The SMILES string of the molecule is Cc1cccc(C(=O)c2noc(CCC3CCC(C(c4ccc(F)cc4)N(C)C)CC3)n2)c1. The van der Waals surface area contributed by atoms with Crippen molar-refractivity contribution in [1.82, 2.24) is 15.0 Å². The van der Waals surface area contributed by atoms with Crippen molar-refractivity contribution >= 4 is 5.78 Å². The fraction of sp³-hybridized carbons (Fsp3) is 0.444. The van der Waals surface area contributed by atoms with Crippen LogP contribution in [0.1, 0.15) is 71.3 Å². The monoisotopic (exact) mass is 449 g/mol. The van der Waals surface area contributed by atoms with E-state index in [-0.39, 0.29) is 17.4 Å². The van der Waals surface area contributed by atoms with Gasteiger partial charge in [-0.25, -0.2) is 4.39 Å². The molecule has 174 valence electrons. The average Bonchev–Trinajstić information content (AvgIpc) is 3.28. The molecule has 4 rings (SSSR count). The molecule has 0 N–H and O–H groups in total. The third-order valence-corrected chi connectivity index (χ3v) is 6.82. The molecule has 1 aromatic heterocycles. The minimum absolute atomic E-state index is 0.132. The van der Waals surface area contributed by atoms with Crippen molar-refractivity contribution in [2.24, 2.45) is 11.8 Å². The first-order valence-electron chi connectivity index (χ1n) is 11.8. The molecular weight excluding hydrogens is 417 g/mol. The molecule has 5 nitrogen and oxygen atoms in total. The van der Waals surface area contributed by atoms with Gasteiger partial charge in [-0.05, 0) is 75.9 Å². The number of benzene rings is 2. The molecule has 0 radical (unpaired) electrons. The van der Waals surface area contributed by atoms with Gasteiger partial charge in [-0.15, -0.1) is 0 Å². The number of rotatable bonds is 8. The molecule has 1 atom stereocenters. The molecule has 0 aliphatic heterocycles. The van der Waals surface area contributed by atoms with Crippen molar-refractivity contribution in [3.8, 4) is 0 Å². The van der Waals surface area contributed by atoms with Crippen LogP contribution in [-0.2, 0) is 6.42 Å². The highest BCUT2D eigenvalue weighted by atomic mass is 19.1. The maximum absolute atomic E-state index is 13.4. The minimum atomic E-state index is -0.204. The van der Waals surface area contributed by atoms with E-state index < -0.39 is 0 Å². The summed E-state index contributed by atoms with van der Waals surface area (Å²) in [6.45, 7) is 1.95. The van der Waals surface area contributed by atoms with Crippen LogP contribution in [0, 0.1) is 24.6 Å². The Hall–Kier alpha value is -2.86. The summed E-state index contributed by atoms with van der Waals surface area (Å²) in [5.74, 6) is 1.44. The smallest absolute Gasteiger partial charge is 0.243 e. The molecular formula is C27H32FN3O2. The molecule has 1 saturated carbocycles. The summed E-state index contributed by atoms with van der Waals surface area (Å²) in [4.78, 5) is 19.2. The van der Waals surface area contributed by atoms with Gasteiger partial charge in [0, 0.05) is 18.0 Å². The lowest BCUT2D eigenvalue weighted by Crippen LogP contribution is -2.30. The first kappa shape index (κ1) is 23.3. The van der Waals surface area contributed by atoms with Crippen LogP contribution >= 0.6 is 0 Å². The maximum Gasteiger partial charge on any atom is 0.243 e. The maximum atomic E-state index is 13.4. The van der Waals surface area contributed by atoms with Crippen LogP contribution in [0.2, 0.25) is 0 Å². The van der Waals surface area contributed by atoms with Crippen LogP contribution in [0.25, 0.3) is 0 Å². The van der Waals surface area contributed by atoms with E-state index in [1.54, 1.807) is 18.2 Å². The molecule has 0 bridgehead atoms. The van der Waals surface area contributed by atoms with Crippen molar-refractivity contribution in [2.45, 2.75) is 51.5 Å². The number of hydrogen-bond acceptors (Lipinski definition) is 5. The second-order valence-corrected chi connectivity index (χ2v) is 9.49. The van der Waals surface area contributed by atoms with E-state index >= 15 is 0 Å². The highest BCUT2D eigenvalue weighted by Crippen LogP contribution is 2.40. The molecule has 1 aliphatic rings. The number of hydrogen-bond donors (Lipinski definition) is 0. The van der Waals surface area contributed by atoms with Crippen LogP contribution in [0.4, 0.5) is 4.39 Å². The van der Waals surface area contributed by atoms with Crippen LogP contribution in [0.3, 0.4) is 0 Å². The van der Waals surface area contributed by atoms with E-state index in [0.29, 0.717) is 35.8 Å². The van der Waals surface area contributed by atoms with Crippen LogP contribution in [0.15, 0.2) is 53.1 Å². The van der Waals surface area contributed by atoms with Gasteiger partial charge in [-0.1, -0.05) is 53.9 Å². The summed E-state index contributed by atoms with van der Waals surface area (Å²) in [5, 5.41) is 3.91. The highest BCUT2D eigenvalue weighted by Gasteiger charge is 2.30. The van der Waals surface area contributed by atoms with E-state index in [9.17, 15) is 9.18 Å². The fourth-order valence-corrected chi connectivity index (χ4v) is 5.14. The van der Waals surface area contributed by atoms with E-state index in [1.807, 2.05) is 37.3 Å². The van der Waals surface area contributed by atoms with Crippen LogP contribution in [-0.4, -0.2) is 34.9 Å². The number of carbonyl (C=O) groups is 1. The number of aromatic nitrogens is 2. The summed E-state index contributed by atoms with van der Waals surface area (Å²) < 4.78 is 18.7. The van der Waals surface area contributed by atoms with E-state index in [0.717, 1.165) is 37.7 Å². The molecule has 2 aromatic carbocycles. The number of carbonyl (C=O) groups excluding carboxylic acids is 1. The predicted molar refractivity (Wildman–Crippen MR) is 126 cm³/mol. The third-order valence-electron chi connectivity index (χ3n) is 6.82. The van der Waals surface area contributed by atoms with E-state index in [1.165, 1.54) is 5.56 Å². The molecule has 0 saturated heterocycles. The summed E-state index contributed by atoms with van der Waals surface area (Å²) in [6.07, 6.45) is 6.27. The van der Waals surface area contributed by atoms with Crippen molar-refractivity contribution in [1.29, 1.82) is 0 Å². The zero-order valence-electron chi connectivity index (χ0n) is 19.6. The molecule has 3 aromatic rings. The van der Waals surface area contributed by atoms with Gasteiger partial charge in [0.15, 0.2) is 0 Å². The van der Waals surface area contributed by atoms with Gasteiger partial charge in [-0.2, -0.15) is 4.98 Å². The van der Waals surface area contributed by atoms with Gasteiger partial charge < -0.3 is 9.42 Å². The number of ketones is 1. The molecule has 0 amide bonds. The zero-order valence-corrected chi connectivity index (χ0v) is 19.6. The molecule has 1 heterocycles. The lowest BCUT2D eigenvalue weighted by molar-refractivity contribution is 0.102. The Morgan fingerprint density at radius 2 is 1.85 bits per heavy atom. The summed E-state index contributed by atoms with van der Waals surface area (Å²) in [7, 11) is 4.21. The minimum Gasteiger partial charge on any atom is -0.339 e. The van der Waals surface area contributed by atoms with Crippen molar-refractivity contribution in [2.75, 3.05) is 14.1 Å². The molecule has 6 heteroatoms. The Bertz CT molecular complexity index is 1070. The van der Waals surface area contributed by atoms with Crippen molar-refractivity contribution < 1.29 is 13.7 Å². The molecule has 33 heavy (non-hydrogen) atoms. The summed E-state index contributed by atoms with van der Waals surface area (Å²) >= 11 is 0. The van der Waals surface area contributed by atoms with Gasteiger partial charge in [0.2, 0.25) is 17.5 Å². The lowest BCUT2D eigenvalue weighted by atomic mass is 9.75. The Balaban J connectivity index is 1.30. The Kier molecular flexibility index (Phi) is 7.33. The van der Waals surface area contributed by atoms with Gasteiger partial charge >= 0.3 is 0 Å². The Morgan fingerprint density at radius 3 is 2.52 bits per heavy atom. The standard InChI is InChI=1S/C27H32FN3O2/c1-18-5-4-6-22(17-18)26(32)27-29-24(33-30-27)16-9-19-7-10-20(11-8-19)25(31(2)3)21-12-14-23(28)15-13-21/h4-6,12-15,17,19-20,25H,7-11,16H2,1-3H3.